The minimum absolute atomic E-state index is 0.0394. The van der Waals surface area contributed by atoms with Gasteiger partial charge in [0.25, 0.3) is 0 Å². The van der Waals surface area contributed by atoms with Crippen molar-refractivity contribution < 1.29 is 9.53 Å². The van der Waals surface area contributed by atoms with Gasteiger partial charge in [0, 0.05) is 12.3 Å². The van der Waals surface area contributed by atoms with Crippen LogP contribution in [-0.4, -0.2) is 12.1 Å². The first-order chi connectivity index (χ1) is 5.79. The van der Waals surface area contributed by atoms with Gasteiger partial charge in [0.2, 0.25) is 0 Å². The minimum atomic E-state index is -0.221. The van der Waals surface area contributed by atoms with Crippen LogP contribution in [0, 0.1) is 5.41 Å². The van der Waals surface area contributed by atoms with Gasteiger partial charge >= 0.3 is 5.97 Å². The van der Waals surface area contributed by atoms with E-state index in [2.05, 4.69) is 20.8 Å². The number of carbonyl (C=O) groups is 1. The molecule has 0 aliphatic rings. The van der Waals surface area contributed by atoms with E-state index in [0.29, 0.717) is 0 Å². The Bertz CT molecular complexity index is 209. The van der Waals surface area contributed by atoms with Crippen LogP contribution in [0.25, 0.3) is 0 Å². The molecule has 76 valence electrons. The van der Waals surface area contributed by atoms with Gasteiger partial charge < -0.3 is 4.74 Å². The number of hydrogen-bond donors (Lipinski definition) is 0. The third-order valence-corrected chi connectivity index (χ3v) is 1.94. The maximum Gasteiger partial charge on any atom is 0.303 e. The van der Waals surface area contributed by atoms with E-state index in [9.17, 15) is 4.79 Å². The zero-order valence-electron chi connectivity index (χ0n) is 9.47. The summed E-state index contributed by atoms with van der Waals surface area (Å²) in [4.78, 5) is 10.9. The topological polar surface area (TPSA) is 26.3 Å². The zero-order valence-corrected chi connectivity index (χ0v) is 9.47. The average molecular weight is 184 g/mol. The quantitative estimate of drug-likeness (QED) is 0.487. The molecule has 1 unspecified atom stereocenters. The summed E-state index contributed by atoms with van der Waals surface area (Å²) in [7, 11) is 0. The van der Waals surface area contributed by atoms with Gasteiger partial charge in [-0.1, -0.05) is 26.8 Å². The highest BCUT2D eigenvalue weighted by molar-refractivity contribution is 5.66. The number of esters is 1. The van der Waals surface area contributed by atoms with Crippen molar-refractivity contribution in [1.29, 1.82) is 0 Å². The highest BCUT2D eigenvalue weighted by atomic mass is 16.5. The first kappa shape index (κ1) is 12.2. The normalized spacial score (nSPS) is 15.4. The van der Waals surface area contributed by atoms with E-state index in [4.69, 9.17) is 4.74 Å². The Hall–Kier alpha value is -0.790. The third-order valence-electron chi connectivity index (χ3n) is 1.94. The van der Waals surface area contributed by atoms with Crippen LogP contribution in [0.5, 0.6) is 0 Å². The van der Waals surface area contributed by atoms with E-state index in [1.807, 2.05) is 19.9 Å². The van der Waals surface area contributed by atoms with Crippen molar-refractivity contribution in [3.63, 3.8) is 0 Å². The van der Waals surface area contributed by atoms with Crippen LogP contribution in [0.4, 0.5) is 0 Å². The van der Waals surface area contributed by atoms with Gasteiger partial charge in [0.15, 0.2) is 0 Å². The van der Waals surface area contributed by atoms with Crippen molar-refractivity contribution >= 4 is 5.97 Å². The molecule has 0 heterocycles. The first-order valence-electron chi connectivity index (χ1n) is 4.59. The number of carbonyl (C=O) groups excluding carboxylic acids is 1. The molecule has 2 nitrogen and oxygen atoms in total. The van der Waals surface area contributed by atoms with Crippen LogP contribution < -0.4 is 0 Å². The number of allylic oxidation sites excluding steroid dienone is 1. The van der Waals surface area contributed by atoms with E-state index in [1.54, 1.807) is 0 Å². The lowest BCUT2D eigenvalue weighted by atomic mass is 9.85. The summed E-state index contributed by atoms with van der Waals surface area (Å²) in [5.41, 5.74) is 1.06. The Morgan fingerprint density at radius 3 is 2.00 bits per heavy atom. The monoisotopic (exact) mass is 184 g/mol. The van der Waals surface area contributed by atoms with Crippen molar-refractivity contribution in [1.82, 2.24) is 0 Å². The predicted octanol–water partition coefficient (Wildman–Crippen LogP) is 2.93. The summed E-state index contributed by atoms with van der Waals surface area (Å²) >= 11 is 0. The van der Waals surface area contributed by atoms with Gasteiger partial charge in [-0.3, -0.25) is 4.79 Å². The molecule has 0 bridgehead atoms. The van der Waals surface area contributed by atoms with E-state index >= 15 is 0 Å². The molecule has 0 saturated heterocycles. The van der Waals surface area contributed by atoms with Crippen LogP contribution in [-0.2, 0) is 9.53 Å². The van der Waals surface area contributed by atoms with E-state index < -0.39 is 0 Å². The van der Waals surface area contributed by atoms with E-state index in [1.165, 1.54) is 6.92 Å². The molecule has 0 aliphatic heterocycles. The Balaban J connectivity index is 4.67. The highest BCUT2D eigenvalue weighted by Crippen LogP contribution is 2.27. The van der Waals surface area contributed by atoms with Crippen LogP contribution >= 0.6 is 0 Å². The molecular weight excluding hydrogens is 164 g/mol. The molecule has 0 aromatic rings. The molecule has 0 saturated carbocycles. The van der Waals surface area contributed by atoms with Crippen LogP contribution in [0.3, 0.4) is 0 Å². The molecule has 0 rings (SSSR count). The van der Waals surface area contributed by atoms with Gasteiger partial charge in [-0.15, -0.1) is 0 Å². The van der Waals surface area contributed by atoms with Crippen LogP contribution in [0.15, 0.2) is 11.6 Å². The molecule has 0 aromatic heterocycles. The molecule has 0 spiro atoms. The third kappa shape index (κ3) is 4.11. The molecule has 0 aliphatic carbocycles. The fourth-order valence-electron chi connectivity index (χ4n) is 1.27. The summed E-state index contributed by atoms with van der Waals surface area (Å²) in [6.07, 6.45) is 1.87. The summed E-state index contributed by atoms with van der Waals surface area (Å²) < 4.78 is 5.26. The Kier molecular flexibility index (Phi) is 4.18. The smallest absolute Gasteiger partial charge is 0.303 e. The molecule has 2 heteroatoms. The Morgan fingerprint density at radius 1 is 1.31 bits per heavy atom. The molecular formula is C11H20O2. The van der Waals surface area contributed by atoms with Crippen molar-refractivity contribution in [3.05, 3.63) is 11.6 Å². The fourth-order valence-corrected chi connectivity index (χ4v) is 1.27. The van der Waals surface area contributed by atoms with Gasteiger partial charge in [-0.05, 0) is 19.4 Å². The molecule has 0 amide bonds. The zero-order chi connectivity index (χ0) is 10.6. The first-order valence-corrected chi connectivity index (χ1v) is 4.59. The van der Waals surface area contributed by atoms with Gasteiger partial charge in [0.05, 0.1) is 0 Å². The second-order valence-electron chi connectivity index (χ2n) is 4.39. The predicted molar refractivity (Wildman–Crippen MR) is 54.4 cm³/mol. The van der Waals surface area contributed by atoms with E-state index in [0.717, 1.165) is 5.57 Å². The van der Waals surface area contributed by atoms with Crippen LogP contribution in [0.1, 0.15) is 41.5 Å². The second-order valence-corrected chi connectivity index (χ2v) is 4.39. The molecule has 0 fully saturated rings. The molecule has 0 aromatic carbocycles. The SMILES string of the molecule is C/C=C(\C)C(OC(C)=O)C(C)(C)C. The largest absolute Gasteiger partial charge is 0.457 e. The summed E-state index contributed by atoms with van der Waals surface area (Å²) in [6, 6.07) is 0. The number of ether oxygens (including phenoxy) is 1. The van der Waals surface area contributed by atoms with Crippen molar-refractivity contribution in [2.24, 2.45) is 5.41 Å². The lowest BCUT2D eigenvalue weighted by Crippen LogP contribution is -2.32. The standard InChI is InChI=1S/C11H20O2/c1-7-8(2)10(11(4,5)6)13-9(3)12/h7,10H,1-6H3/b8-7+. The highest BCUT2D eigenvalue weighted by Gasteiger charge is 2.28. The van der Waals surface area contributed by atoms with Gasteiger partial charge in [-0.2, -0.15) is 0 Å². The van der Waals surface area contributed by atoms with Crippen molar-refractivity contribution in [2.45, 2.75) is 47.6 Å². The van der Waals surface area contributed by atoms with Crippen molar-refractivity contribution in [2.75, 3.05) is 0 Å². The molecule has 0 radical (unpaired) electrons. The number of rotatable bonds is 2. The number of hydrogen-bond acceptors (Lipinski definition) is 2. The maximum absolute atomic E-state index is 10.9. The maximum atomic E-state index is 10.9. The fraction of sp³-hybridized carbons (Fsp3) is 0.727. The average Bonchev–Trinajstić information content (AvgIpc) is 1.96. The summed E-state index contributed by atoms with van der Waals surface area (Å²) in [6.45, 7) is 11.6. The summed E-state index contributed by atoms with van der Waals surface area (Å²) in [5.74, 6) is -0.221. The van der Waals surface area contributed by atoms with Crippen LogP contribution in [0.2, 0.25) is 0 Å². The van der Waals surface area contributed by atoms with Crippen molar-refractivity contribution in [3.8, 4) is 0 Å². The minimum Gasteiger partial charge on any atom is -0.457 e. The Labute approximate surface area is 81.0 Å². The molecule has 0 N–H and O–H groups in total. The van der Waals surface area contributed by atoms with E-state index in [-0.39, 0.29) is 17.5 Å². The lowest BCUT2D eigenvalue weighted by molar-refractivity contribution is -0.149. The van der Waals surface area contributed by atoms with Gasteiger partial charge in [0.1, 0.15) is 6.10 Å². The molecule has 1 atom stereocenters. The summed E-state index contributed by atoms with van der Waals surface area (Å²) in [5, 5.41) is 0. The Morgan fingerprint density at radius 2 is 1.77 bits per heavy atom. The second kappa shape index (κ2) is 4.45. The lowest BCUT2D eigenvalue weighted by Gasteiger charge is -2.30. The molecule has 13 heavy (non-hydrogen) atoms. The van der Waals surface area contributed by atoms with Gasteiger partial charge in [-0.25, -0.2) is 0 Å².